The summed E-state index contributed by atoms with van der Waals surface area (Å²) in [6, 6.07) is 12.1. The van der Waals surface area contributed by atoms with Gasteiger partial charge in [0.25, 0.3) is 0 Å². The smallest absolute Gasteiger partial charge is 0.203 e. The molecule has 0 fully saturated rings. The first-order valence-electron chi connectivity index (χ1n) is 11.4. The van der Waals surface area contributed by atoms with Crippen LogP contribution in [0, 0.1) is 5.92 Å². The maximum Gasteiger partial charge on any atom is 0.203 e. The number of imidazole rings is 1. The van der Waals surface area contributed by atoms with Gasteiger partial charge in [-0.05, 0) is 54.8 Å². The maximum absolute atomic E-state index is 5.59. The average molecular weight is 454 g/mol. The van der Waals surface area contributed by atoms with Crippen molar-refractivity contribution in [2.45, 2.75) is 40.3 Å². The van der Waals surface area contributed by atoms with Crippen molar-refractivity contribution in [1.29, 1.82) is 0 Å². The zero-order valence-corrected chi connectivity index (χ0v) is 20.5. The fraction of sp³-hybridized carbons (Fsp3) is 0.423. The van der Waals surface area contributed by atoms with Gasteiger partial charge >= 0.3 is 0 Å². The zero-order chi connectivity index (χ0) is 23.8. The number of rotatable bonds is 12. The number of ether oxygens (including phenoxy) is 4. The van der Waals surface area contributed by atoms with E-state index < -0.39 is 0 Å². The van der Waals surface area contributed by atoms with Crippen molar-refractivity contribution < 1.29 is 18.9 Å². The minimum atomic E-state index is 0.516. The number of aromatic nitrogens is 2. The van der Waals surface area contributed by atoms with Gasteiger partial charge in [-0.2, -0.15) is 0 Å². The number of methoxy groups -OCH3 is 3. The van der Waals surface area contributed by atoms with Crippen molar-refractivity contribution in [1.82, 2.24) is 9.55 Å². The molecule has 7 nitrogen and oxygen atoms in total. The molecule has 33 heavy (non-hydrogen) atoms. The van der Waals surface area contributed by atoms with E-state index in [1.54, 1.807) is 21.3 Å². The van der Waals surface area contributed by atoms with Crippen LogP contribution in [0.4, 0.5) is 5.95 Å². The molecular weight excluding hydrogens is 418 g/mol. The van der Waals surface area contributed by atoms with E-state index in [9.17, 15) is 0 Å². The molecule has 7 heteroatoms. The second kappa shape index (κ2) is 11.5. The van der Waals surface area contributed by atoms with Gasteiger partial charge in [-0.25, -0.2) is 4.98 Å². The van der Waals surface area contributed by atoms with E-state index in [2.05, 4.69) is 35.9 Å². The lowest BCUT2D eigenvalue weighted by Gasteiger charge is -2.18. The van der Waals surface area contributed by atoms with Crippen LogP contribution >= 0.6 is 0 Å². The SMILES string of the molecule is CCOc1ccc(-c2cnc(NCc3cc(OC)c(OC)c(OC)c3)n2CC(C)CC)cc1. The third kappa shape index (κ3) is 5.72. The summed E-state index contributed by atoms with van der Waals surface area (Å²) in [7, 11) is 4.85. The van der Waals surface area contributed by atoms with Crippen molar-refractivity contribution in [2.75, 3.05) is 33.3 Å². The first kappa shape index (κ1) is 24.3. The summed E-state index contributed by atoms with van der Waals surface area (Å²) in [6.45, 7) is 8.54. The molecule has 0 saturated heterocycles. The van der Waals surface area contributed by atoms with Crippen molar-refractivity contribution in [2.24, 2.45) is 5.92 Å². The Morgan fingerprint density at radius 3 is 2.18 bits per heavy atom. The Morgan fingerprint density at radius 1 is 0.970 bits per heavy atom. The number of hydrogen-bond acceptors (Lipinski definition) is 6. The molecule has 0 aliphatic heterocycles. The van der Waals surface area contributed by atoms with Crippen LogP contribution in [0.3, 0.4) is 0 Å². The van der Waals surface area contributed by atoms with E-state index in [0.717, 1.165) is 41.5 Å². The molecular formula is C26H35N3O4. The highest BCUT2D eigenvalue weighted by atomic mass is 16.5. The molecule has 1 aromatic heterocycles. The Balaban J connectivity index is 1.89. The lowest BCUT2D eigenvalue weighted by atomic mass is 10.1. The summed E-state index contributed by atoms with van der Waals surface area (Å²) in [4.78, 5) is 4.71. The number of anilines is 1. The molecule has 3 rings (SSSR count). The lowest BCUT2D eigenvalue weighted by molar-refractivity contribution is 0.324. The summed E-state index contributed by atoms with van der Waals surface area (Å²) in [5.74, 6) is 4.06. The van der Waals surface area contributed by atoms with Crippen LogP contribution in [0.25, 0.3) is 11.3 Å². The quantitative estimate of drug-likeness (QED) is 0.383. The lowest BCUT2D eigenvalue weighted by Crippen LogP contribution is -2.13. The van der Waals surface area contributed by atoms with Gasteiger partial charge in [0.1, 0.15) is 5.75 Å². The van der Waals surface area contributed by atoms with E-state index in [0.29, 0.717) is 36.3 Å². The average Bonchev–Trinajstić information content (AvgIpc) is 3.24. The van der Waals surface area contributed by atoms with Gasteiger partial charge in [-0.3, -0.25) is 0 Å². The van der Waals surface area contributed by atoms with Gasteiger partial charge in [0.05, 0.1) is 39.8 Å². The Labute approximate surface area is 196 Å². The molecule has 1 unspecified atom stereocenters. The molecule has 3 aromatic rings. The van der Waals surface area contributed by atoms with Crippen molar-refractivity contribution in [3.63, 3.8) is 0 Å². The number of hydrogen-bond donors (Lipinski definition) is 1. The van der Waals surface area contributed by atoms with Crippen LogP contribution in [0.1, 0.15) is 32.8 Å². The van der Waals surface area contributed by atoms with Gasteiger partial charge in [-0.15, -0.1) is 0 Å². The fourth-order valence-corrected chi connectivity index (χ4v) is 3.68. The molecule has 2 aromatic carbocycles. The normalized spacial score (nSPS) is 11.7. The summed E-state index contributed by atoms with van der Waals surface area (Å²) in [6.07, 6.45) is 3.02. The minimum absolute atomic E-state index is 0.516. The van der Waals surface area contributed by atoms with Crippen LogP contribution in [0.5, 0.6) is 23.0 Å². The second-order valence-corrected chi connectivity index (χ2v) is 7.94. The maximum atomic E-state index is 5.59. The Hall–Kier alpha value is -3.35. The van der Waals surface area contributed by atoms with Crippen LogP contribution in [0.15, 0.2) is 42.6 Å². The Kier molecular flexibility index (Phi) is 8.46. The monoisotopic (exact) mass is 453 g/mol. The highest BCUT2D eigenvalue weighted by Crippen LogP contribution is 2.38. The van der Waals surface area contributed by atoms with E-state index >= 15 is 0 Å². The standard InChI is InChI=1S/C26H35N3O4/c1-7-18(3)17-29-22(20-9-11-21(12-10-20)33-8-2)16-28-26(29)27-15-19-13-23(30-4)25(32-6)24(14-19)31-5/h9-14,16,18H,7-8,15,17H2,1-6H3,(H,27,28). The molecule has 1 atom stereocenters. The number of nitrogens with zero attached hydrogens (tertiary/aromatic N) is 2. The topological polar surface area (TPSA) is 66.8 Å². The molecule has 0 radical (unpaired) electrons. The summed E-state index contributed by atoms with van der Waals surface area (Å²) in [5, 5.41) is 3.50. The van der Waals surface area contributed by atoms with Gasteiger partial charge < -0.3 is 28.8 Å². The van der Waals surface area contributed by atoms with Gasteiger partial charge in [0, 0.05) is 18.7 Å². The van der Waals surface area contributed by atoms with Crippen molar-refractivity contribution in [3.8, 4) is 34.3 Å². The van der Waals surface area contributed by atoms with E-state index in [-0.39, 0.29) is 0 Å². The molecule has 0 amide bonds. The third-order valence-corrected chi connectivity index (χ3v) is 5.68. The first-order valence-corrected chi connectivity index (χ1v) is 11.4. The summed E-state index contributed by atoms with van der Waals surface area (Å²) < 4.78 is 24.2. The van der Waals surface area contributed by atoms with Crippen LogP contribution in [-0.2, 0) is 13.1 Å². The molecule has 1 heterocycles. The minimum Gasteiger partial charge on any atom is -0.494 e. The third-order valence-electron chi connectivity index (χ3n) is 5.68. The van der Waals surface area contributed by atoms with E-state index in [1.165, 1.54) is 0 Å². The fourth-order valence-electron chi connectivity index (χ4n) is 3.68. The van der Waals surface area contributed by atoms with E-state index in [4.69, 9.17) is 23.9 Å². The van der Waals surface area contributed by atoms with Crippen LogP contribution < -0.4 is 24.3 Å². The van der Waals surface area contributed by atoms with Gasteiger partial charge in [0.2, 0.25) is 11.7 Å². The Morgan fingerprint density at radius 2 is 1.64 bits per heavy atom. The van der Waals surface area contributed by atoms with Crippen LogP contribution in [-0.4, -0.2) is 37.5 Å². The van der Waals surface area contributed by atoms with Crippen molar-refractivity contribution >= 4 is 5.95 Å². The molecule has 0 aliphatic carbocycles. The molecule has 0 saturated carbocycles. The molecule has 0 bridgehead atoms. The summed E-state index contributed by atoms with van der Waals surface area (Å²) in [5.41, 5.74) is 3.19. The molecule has 178 valence electrons. The van der Waals surface area contributed by atoms with Crippen molar-refractivity contribution in [3.05, 3.63) is 48.2 Å². The van der Waals surface area contributed by atoms with Gasteiger partial charge in [0.15, 0.2) is 11.5 Å². The van der Waals surface area contributed by atoms with Crippen LogP contribution in [0.2, 0.25) is 0 Å². The predicted octanol–water partition coefficient (Wildman–Crippen LogP) is 5.63. The largest absolute Gasteiger partial charge is 0.494 e. The zero-order valence-electron chi connectivity index (χ0n) is 20.5. The number of benzene rings is 2. The summed E-state index contributed by atoms with van der Waals surface area (Å²) >= 11 is 0. The second-order valence-electron chi connectivity index (χ2n) is 7.94. The highest BCUT2D eigenvalue weighted by molar-refractivity contribution is 5.63. The first-order chi connectivity index (χ1) is 16.0. The number of nitrogens with one attached hydrogen (secondary N) is 1. The molecule has 1 N–H and O–H groups in total. The van der Waals surface area contributed by atoms with Gasteiger partial charge in [-0.1, -0.05) is 20.3 Å². The predicted molar refractivity (Wildman–Crippen MR) is 132 cm³/mol. The Bertz CT molecular complexity index is 1010. The molecule has 0 aliphatic rings. The van der Waals surface area contributed by atoms with E-state index in [1.807, 2.05) is 37.4 Å². The highest BCUT2D eigenvalue weighted by Gasteiger charge is 2.16. The molecule has 0 spiro atoms.